The third-order valence-electron chi connectivity index (χ3n) is 2.03. The van der Waals surface area contributed by atoms with Crippen molar-refractivity contribution in [1.82, 2.24) is 14.6 Å². The van der Waals surface area contributed by atoms with Crippen molar-refractivity contribution in [3.05, 3.63) is 34.4 Å². The van der Waals surface area contributed by atoms with Gasteiger partial charge >= 0.3 is 0 Å². The molecule has 0 unspecified atom stereocenters. The second-order valence-corrected chi connectivity index (χ2v) is 3.00. The van der Waals surface area contributed by atoms with Gasteiger partial charge in [-0.05, 0) is 0 Å². The molecule has 0 radical (unpaired) electrons. The Morgan fingerprint density at radius 3 is 3.29 bits per heavy atom. The molecule has 14 heavy (non-hydrogen) atoms. The number of pyridine rings is 1. The molecule has 0 aliphatic carbocycles. The molecule has 0 amide bonds. The van der Waals surface area contributed by atoms with Crippen molar-refractivity contribution < 1.29 is 4.74 Å². The number of fused-ring (bicyclic) bond motifs is 1. The number of methoxy groups -OCH3 is 1. The van der Waals surface area contributed by atoms with E-state index < -0.39 is 0 Å². The van der Waals surface area contributed by atoms with E-state index in [1.165, 1.54) is 12.1 Å². The maximum Gasteiger partial charge on any atom is 0.183 e. The number of aromatic amines is 1. The fourth-order valence-electron chi connectivity index (χ4n) is 1.34. The maximum absolute atomic E-state index is 11.0. The lowest BCUT2D eigenvalue weighted by Crippen LogP contribution is -2.03. The molecule has 0 aliphatic rings. The second kappa shape index (κ2) is 3.63. The first-order valence-electron chi connectivity index (χ1n) is 4.36. The molecule has 0 saturated carbocycles. The molecular weight excluding hydrogens is 182 g/mol. The number of H-pyrrole nitrogens is 1. The molecule has 0 atom stereocenters. The van der Waals surface area contributed by atoms with Crippen molar-refractivity contribution in [3.8, 4) is 0 Å². The van der Waals surface area contributed by atoms with E-state index in [2.05, 4.69) is 10.2 Å². The average Bonchev–Trinajstić information content (AvgIpc) is 2.57. The summed E-state index contributed by atoms with van der Waals surface area (Å²) in [5, 5.41) is 6.89. The number of rotatable bonds is 3. The Hall–Kier alpha value is -1.62. The van der Waals surface area contributed by atoms with Crippen LogP contribution in [-0.4, -0.2) is 28.3 Å². The highest BCUT2D eigenvalue weighted by atomic mass is 16.5. The molecule has 0 bridgehead atoms. The summed E-state index contributed by atoms with van der Waals surface area (Å²) in [6.45, 7) is 0.617. The van der Waals surface area contributed by atoms with E-state index in [0.717, 1.165) is 12.2 Å². The molecule has 0 aliphatic heterocycles. The van der Waals surface area contributed by atoms with Crippen LogP contribution < -0.4 is 5.43 Å². The molecule has 2 heterocycles. The van der Waals surface area contributed by atoms with Crippen LogP contribution in [0.15, 0.2) is 23.1 Å². The predicted molar refractivity (Wildman–Crippen MR) is 51.4 cm³/mol. The summed E-state index contributed by atoms with van der Waals surface area (Å²) < 4.78 is 6.81. The molecule has 74 valence electrons. The van der Waals surface area contributed by atoms with E-state index in [0.29, 0.717) is 12.3 Å². The van der Waals surface area contributed by atoms with Gasteiger partial charge in [-0.3, -0.25) is 14.3 Å². The fraction of sp³-hybridized carbons (Fsp3) is 0.333. The van der Waals surface area contributed by atoms with Gasteiger partial charge in [0.25, 0.3) is 0 Å². The largest absolute Gasteiger partial charge is 0.384 e. The molecule has 0 spiro atoms. The molecule has 0 fully saturated rings. The van der Waals surface area contributed by atoms with Crippen LogP contribution in [0, 0.1) is 0 Å². The van der Waals surface area contributed by atoms with E-state index in [1.54, 1.807) is 13.3 Å². The minimum absolute atomic E-state index is 0.0214. The molecule has 2 aromatic heterocycles. The predicted octanol–water partition coefficient (Wildman–Crippen LogP) is 0.212. The molecule has 2 rings (SSSR count). The second-order valence-electron chi connectivity index (χ2n) is 3.00. The van der Waals surface area contributed by atoms with E-state index >= 15 is 0 Å². The summed E-state index contributed by atoms with van der Waals surface area (Å²) in [6.07, 6.45) is 2.44. The van der Waals surface area contributed by atoms with Crippen molar-refractivity contribution in [2.24, 2.45) is 0 Å². The van der Waals surface area contributed by atoms with Crippen LogP contribution in [0.5, 0.6) is 0 Å². The Balaban J connectivity index is 2.42. The average molecular weight is 193 g/mol. The lowest BCUT2D eigenvalue weighted by Gasteiger charge is -1.97. The zero-order chi connectivity index (χ0) is 9.97. The number of nitrogens with zero attached hydrogens (tertiary/aromatic N) is 2. The number of hydrogen-bond donors (Lipinski definition) is 1. The van der Waals surface area contributed by atoms with Gasteiger partial charge in [-0.25, -0.2) is 0 Å². The zero-order valence-electron chi connectivity index (χ0n) is 7.86. The Bertz CT molecular complexity index is 486. The summed E-state index contributed by atoms with van der Waals surface area (Å²) in [5.74, 6) is 0.863. The first kappa shape index (κ1) is 8.96. The number of hydrogen-bond acceptors (Lipinski definition) is 3. The maximum atomic E-state index is 11.0. The molecule has 0 saturated heterocycles. The first-order chi connectivity index (χ1) is 6.81. The van der Waals surface area contributed by atoms with Crippen LogP contribution in [0.1, 0.15) is 5.82 Å². The smallest absolute Gasteiger partial charge is 0.183 e. The molecule has 5 nitrogen and oxygen atoms in total. The standard InChI is InChI=1S/C9H11N3O2/c1-14-5-3-8-10-11-9-6-7(13)2-4-12(8)9/h2,4,6,11H,3,5H2,1H3. The summed E-state index contributed by atoms with van der Waals surface area (Å²) in [4.78, 5) is 11.0. The Kier molecular flexibility index (Phi) is 2.32. The highest BCUT2D eigenvalue weighted by Crippen LogP contribution is 2.00. The van der Waals surface area contributed by atoms with E-state index in [4.69, 9.17) is 4.74 Å². The van der Waals surface area contributed by atoms with Gasteiger partial charge in [0.1, 0.15) is 11.5 Å². The van der Waals surface area contributed by atoms with Crippen molar-refractivity contribution in [1.29, 1.82) is 0 Å². The minimum atomic E-state index is -0.0214. The zero-order valence-corrected chi connectivity index (χ0v) is 7.86. The Morgan fingerprint density at radius 1 is 1.64 bits per heavy atom. The highest BCUT2D eigenvalue weighted by molar-refractivity contribution is 5.37. The van der Waals surface area contributed by atoms with Gasteiger partial charge in [-0.2, -0.15) is 5.10 Å². The quantitative estimate of drug-likeness (QED) is 0.758. The SMILES string of the molecule is COCCc1n[nH]c2cc(=O)ccn12. The third kappa shape index (κ3) is 1.54. The van der Waals surface area contributed by atoms with Gasteiger partial charge in [-0.1, -0.05) is 0 Å². The number of ether oxygens (including phenoxy) is 1. The Labute approximate surface area is 80.3 Å². The Morgan fingerprint density at radius 2 is 2.50 bits per heavy atom. The van der Waals surface area contributed by atoms with Crippen LogP contribution >= 0.6 is 0 Å². The van der Waals surface area contributed by atoms with Gasteiger partial charge in [0.15, 0.2) is 5.43 Å². The van der Waals surface area contributed by atoms with Crippen LogP contribution in [0.4, 0.5) is 0 Å². The van der Waals surface area contributed by atoms with Gasteiger partial charge in [0.2, 0.25) is 0 Å². The van der Waals surface area contributed by atoms with Crippen LogP contribution in [-0.2, 0) is 11.2 Å². The molecule has 1 N–H and O–H groups in total. The van der Waals surface area contributed by atoms with Gasteiger partial charge in [0.05, 0.1) is 6.61 Å². The fourth-order valence-corrected chi connectivity index (χ4v) is 1.34. The molecule has 5 heteroatoms. The van der Waals surface area contributed by atoms with Crippen molar-refractivity contribution in [3.63, 3.8) is 0 Å². The summed E-state index contributed by atoms with van der Waals surface area (Å²) >= 11 is 0. The third-order valence-corrected chi connectivity index (χ3v) is 2.03. The van der Waals surface area contributed by atoms with Gasteiger partial charge in [0, 0.05) is 31.9 Å². The van der Waals surface area contributed by atoms with Crippen molar-refractivity contribution in [2.45, 2.75) is 6.42 Å². The topological polar surface area (TPSA) is 59.4 Å². The molecular formula is C9H11N3O2. The van der Waals surface area contributed by atoms with Gasteiger partial charge < -0.3 is 4.74 Å². The van der Waals surface area contributed by atoms with Crippen molar-refractivity contribution >= 4 is 5.65 Å². The molecule has 0 aromatic carbocycles. The summed E-state index contributed by atoms with van der Waals surface area (Å²) in [7, 11) is 1.65. The lowest BCUT2D eigenvalue weighted by atomic mass is 10.4. The van der Waals surface area contributed by atoms with E-state index in [1.807, 2.05) is 4.40 Å². The van der Waals surface area contributed by atoms with E-state index in [9.17, 15) is 4.79 Å². The highest BCUT2D eigenvalue weighted by Gasteiger charge is 2.02. The van der Waals surface area contributed by atoms with Crippen LogP contribution in [0.2, 0.25) is 0 Å². The summed E-state index contributed by atoms with van der Waals surface area (Å²) in [5.41, 5.74) is 0.690. The van der Waals surface area contributed by atoms with Crippen LogP contribution in [0.3, 0.4) is 0 Å². The monoisotopic (exact) mass is 193 g/mol. The number of nitrogens with one attached hydrogen (secondary N) is 1. The minimum Gasteiger partial charge on any atom is -0.384 e. The number of aromatic nitrogens is 3. The van der Waals surface area contributed by atoms with Crippen LogP contribution in [0.25, 0.3) is 5.65 Å². The first-order valence-corrected chi connectivity index (χ1v) is 4.36. The molecule has 2 aromatic rings. The summed E-state index contributed by atoms with van der Waals surface area (Å²) in [6, 6.07) is 3.03. The lowest BCUT2D eigenvalue weighted by molar-refractivity contribution is 0.200. The normalized spacial score (nSPS) is 10.9. The van der Waals surface area contributed by atoms with E-state index in [-0.39, 0.29) is 5.43 Å². The van der Waals surface area contributed by atoms with Crippen molar-refractivity contribution in [2.75, 3.05) is 13.7 Å². The van der Waals surface area contributed by atoms with Gasteiger partial charge in [-0.15, -0.1) is 0 Å².